The lowest BCUT2D eigenvalue weighted by atomic mass is 10.1. The van der Waals surface area contributed by atoms with Gasteiger partial charge in [-0.15, -0.1) is 0 Å². The summed E-state index contributed by atoms with van der Waals surface area (Å²) < 4.78 is 13.6. The van der Waals surface area contributed by atoms with Gasteiger partial charge in [0.1, 0.15) is 5.82 Å². The summed E-state index contributed by atoms with van der Waals surface area (Å²) >= 11 is 0. The van der Waals surface area contributed by atoms with E-state index < -0.39 is 5.82 Å². The van der Waals surface area contributed by atoms with Gasteiger partial charge in [0.25, 0.3) is 0 Å². The van der Waals surface area contributed by atoms with Crippen LogP contribution in [0.4, 0.5) is 14.9 Å². The van der Waals surface area contributed by atoms with Crippen LogP contribution in [0.15, 0.2) is 48.5 Å². The van der Waals surface area contributed by atoms with Gasteiger partial charge in [-0.05, 0) is 24.6 Å². The van der Waals surface area contributed by atoms with Crippen LogP contribution < -0.4 is 5.32 Å². The van der Waals surface area contributed by atoms with E-state index in [2.05, 4.69) is 41.4 Å². The van der Waals surface area contributed by atoms with Crippen molar-refractivity contribution in [3.8, 4) is 0 Å². The molecule has 2 aromatic rings. The topological polar surface area (TPSA) is 35.6 Å². The maximum Gasteiger partial charge on any atom is 0.322 e. The fourth-order valence-electron chi connectivity index (χ4n) is 2.82. The van der Waals surface area contributed by atoms with Gasteiger partial charge in [-0.3, -0.25) is 4.90 Å². The second kappa shape index (κ2) is 7.45. The molecule has 126 valence electrons. The number of carbonyl (C=O) groups excluding carboxylic acids is 1. The van der Waals surface area contributed by atoms with Crippen molar-refractivity contribution in [3.05, 3.63) is 65.5 Å². The van der Waals surface area contributed by atoms with Gasteiger partial charge in [0, 0.05) is 32.7 Å². The third kappa shape index (κ3) is 4.11. The lowest BCUT2D eigenvalue weighted by Crippen LogP contribution is -2.49. The number of nitrogens with one attached hydrogen (secondary N) is 1. The molecular weight excluding hydrogens is 305 g/mol. The highest BCUT2D eigenvalue weighted by Crippen LogP contribution is 2.15. The van der Waals surface area contributed by atoms with Crippen LogP contribution in [0.5, 0.6) is 0 Å². The number of aryl methyl sites for hydroxylation is 1. The summed E-state index contributed by atoms with van der Waals surface area (Å²) in [5.41, 5.74) is 2.77. The minimum Gasteiger partial charge on any atom is -0.322 e. The highest BCUT2D eigenvalue weighted by Gasteiger charge is 2.21. The van der Waals surface area contributed by atoms with E-state index in [1.165, 1.54) is 17.2 Å². The van der Waals surface area contributed by atoms with Gasteiger partial charge in [0.05, 0.1) is 5.69 Å². The van der Waals surface area contributed by atoms with Crippen molar-refractivity contribution < 1.29 is 9.18 Å². The molecule has 0 spiro atoms. The predicted molar refractivity (Wildman–Crippen MR) is 93.4 cm³/mol. The molecule has 1 aliphatic heterocycles. The highest BCUT2D eigenvalue weighted by atomic mass is 19.1. The molecular formula is C19H22FN3O. The Balaban J connectivity index is 1.50. The summed E-state index contributed by atoms with van der Waals surface area (Å²) in [6, 6.07) is 14.5. The van der Waals surface area contributed by atoms with Crippen LogP contribution >= 0.6 is 0 Å². The number of anilines is 1. The van der Waals surface area contributed by atoms with E-state index in [0.717, 1.165) is 19.6 Å². The summed E-state index contributed by atoms with van der Waals surface area (Å²) in [6.45, 7) is 5.90. The highest BCUT2D eigenvalue weighted by molar-refractivity contribution is 5.89. The van der Waals surface area contributed by atoms with Crippen molar-refractivity contribution in [2.45, 2.75) is 13.5 Å². The molecule has 2 aromatic carbocycles. The Hall–Kier alpha value is -2.40. The molecule has 0 radical (unpaired) electrons. The van der Waals surface area contributed by atoms with Gasteiger partial charge in [0.15, 0.2) is 0 Å². The number of hydrogen-bond acceptors (Lipinski definition) is 2. The van der Waals surface area contributed by atoms with E-state index in [4.69, 9.17) is 0 Å². The molecule has 0 bridgehead atoms. The van der Waals surface area contributed by atoms with Gasteiger partial charge < -0.3 is 10.2 Å². The van der Waals surface area contributed by atoms with Gasteiger partial charge in [0.2, 0.25) is 0 Å². The number of piperazine rings is 1. The zero-order chi connectivity index (χ0) is 16.9. The van der Waals surface area contributed by atoms with Crippen LogP contribution in [0.3, 0.4) is 0 Å². The van der Waals surface area contributed by atoms with Crippen molar-refractivity contribution in [1.29, 1.82) is 0 Å². The van der Waals surface area contributed by atoms with Crippen LogP contribution in [-0.2, 0) is 6.54 Å². The molecule has 4 nitrogen and oxygen atoms in total. The number of halogens is 1. The number of benzene rings is 2. The molecule has 0 aromatic heterocycles. The summed E-state index contributed by atoms with van der Waals surface area (Å²) in [7, 11) is 0. The van der Waals surface area contributed by atoms with Crippen LogP contribution in [0, 0.1) is 12.7 Å². The van der Waals surface area contributed by atoms with Crippen molar-refractivity contribution in [2.75, 3.05) is 31.5 Å². The Kier molecular flexibility index (Phi) is 5.11. The van der Waals surface area contributed by atoms with Crippen molar-refractivity contribution in [1.82, 2.24) is 9.80 Å². The Bertz CT molecular complexity index is 694. The first-order valence-corrected chi connectivity index (χ1v) is 8.20. The normalized spacial score (nSPS) is 15.3. The van der Waals surface area contributed by atoms with Crippen LogP contribution in [0.2, 0.25) is 0 Å². The molecule has 24 heavy (non-hydrogen) atoms. The van der Waals surface area contributed by atoms with Gasteiger partial charge in [-0.25, -0.2) is 9.18 Å². The van der Waals surface area contributed by atoms with Crippen molar-refractivity contribution in [2.24, 2.45) is 0 Å². The zero-order valence-electron chi connectivity index (χ0n) is 13.8. The quantitative estimate of drug-likeness (QED) is 0.937. The largest absolute Gasteiger partial charge is 0.322 e. The number of carbonyl (C=O) groups is 1. The van der Waals surface area contributed by atoms with Crippen LogP contribution in [0.25, 0.3) is 0 Å². The predicted octanol–water partition coefficient (Wildman–Crippen LogP) is 3.48. The van der Waals surface area contributed by atoms with Crippen LogP contribution in [-0.4, -0.2) is 42.0 Å². The smallest absolute Gasteiger partial charge is 0.322 e. The Labute approximate surface area is 141 Å². The Morgan fingerprint density at radius 1 is 1.04 bits per heavy atom. The molecule has 0 saturated carbocycles. The summed E-state index contributed by atoms with van der Waals surface area (Å²) in [6.07, 6.45) is 0. The number of nitrogens with zero attached hydrogens (tertiary/aromatic N) is 2. The average Bonchev–Trinajstić information content (AvgIpc) is 2.59. The zero-order valence-corrected chi connectivity index (χ0v) is 13.8. The van der Waals surface area contributed by atoms with Gasteiger partial charge in [-0.1, -0.05) is 42.0 Å². The lowest BCUT2D eigenvalue weighted by Gasteiger charge is -2.34. The molecule has 1 heterocycles. The van der Waals surface area contributed by atoms with E-state index in [1.807, 2.05) is 0 Å². The molecule has 1 N–H and O–H groups in total. The van der Waals surface area contributed by atoms with E-state index in [-0.39, 0.29) is 11.7 Å². The Morgan fingerprint density at radius 3 is 2.38 bits per heavy atom. The lowest BCUT2D eigenvalue weighted by molar-refractivity contribution is 0.143. The third-order valence-electron chi connectivity index (χ3n) is 4.30. The van der Waals surface area contributed by atoms with Gasteiger partial charge >= 0.3 is 6.03 Å². The first-order valence-electron chi connectivity index (χ1n) is 8.20. The second-order valence-corrected chi connectivity index (χ2v) is 6.16. The fraction of sp³-hybridized carbons (Fsp3) is 0.316. The van der Waals surface area contributed by atoms with E-state index >= 15 is 0 Å². The summed E-state index contributed by atoms with van der Waals surface area (Å²) in [5, 5.41) is 2.64. The van der Waals surface area contributed by atoms with Crippen molar-refractivity contribution in [3.63, 3.8) is 0 Å². The monoisotopic (exact) mass is 327 g/mol. The SMILES string of the molecule is Cc1ccc(CN2CCN(C(=O)Nc3ccccc3F)CC2)cc1. The van der Waals surface area contributed by atoms with E-state index in [1.54, 1.807) is 23.1 Å². The minimum atomic E-state index is -0.413. The number of hydrogen-bond donors (Lipinski definition) is 1. The maximum atomic E-state index is 13.6. The third-order valence-corrected chi connectivity index (χ3v) is 4.30. The molecule has 0 unspecified atom stereocenters. The summed E-state index contributed by atoms with van der Waals surface area (Å²) in [5.74, 6) is -0.413. The number of para-hydroxylation sites is 1. The molecule has 5 heteroatoms. The molecule has 3 rings (SSSR count). The van der Waals surface area contributed by atoms with Crippen LogP contribution in [0.1, 0.15) is 11.1 Å². The summed E-state index contributed by atoms with van der Waals surface area (Å²) in [4.78, 5) is 16.3. The van der Waals surface area contributed by atoms with E-state index in [0.29, 0.717) is 13.1 Å². The molecule has 1 saturated heterocycles. The van der Waals surface area contributed by atoms with Crippen molar-refractivity contribution >= 4 is 11.7 Å². The first-order chi connectivity index (χ1) is 11.6. The Morgan fingerprint density at radius 2 is 1.71 bits per heavy atom. The fourth-order valence-corrected chi connectivity index (χ4v) is 2.82. The molecule has 0 atom stereocenters. The number of urea groups is 1. The number of amides is 2. The van der Waals surface area contributed by atoms with Gasteiger partial charge in [-0.2, -0.15) is 0 Å². The standard InChI is InChI=1S/C19H22FN3O/c1-15-6-8-16(9-7-15)14-22-10-12-23(13-11-22)19(24)21-18-5-3-2-4-17(18)20/h2-9H,10-14H2,1H3,(H,21,24). The second-order valence-electron chi connectivity index (χ2n) is 6.16. The van der Waals surface area contributed by atoms with E-state index in [9.17, 15) is 9.18 Å². The first kappa shape index (κ1) is 16.5. The molecule has 2 amide bonds. The maximum absolute atomic E-state index is 13.6. The molecule has 1 aliphatic rings. The molecule has 1 fully saturated rings. The average molecular weight is 327 g/mol. The minimum absolute atomic E-state index is 0.226. The molecule has 0 aliphatic carbocycles. The number of rotatable bonds is 3.